The summed E-state index contributed by atoms with van der Waals surface area (Å²) in [5.41, 5.74) is 6.12. The zero-order valence-corrected chi connectivity index (χ0v) is 15.5. The monoisotopic (exact) mass is 365 g/mol. The number of ether oxygens (including phenoxy) is 1. The van der Waals surface area contributed by atoms with Gasteiger partial charge in [-0.05, 0) is 55.0 Å². The van der Waals surface area contributed by atoms with E-state index in [9.17, 15) is 0 Å². The number of aromatic nitrogens is 3. The molecule has 0 aliphatic rings. The Morgan fingerprint density at radius 1 is 0.786 bits per heavy atom. The number of hydrogen-bond donors (Lipinski definition) is 0. The maximum absolute atomic E-state index is 5.60. The summed E-state index contributed by atoms with van der Waals surface area (Å²) in [5, 5.41) is 0. The van der Waals surface area contributed by atoms with Gasteiger partial charge in [0.2, 0.25) is 5.78 Å². The molecular weight excluding hydrogens is 346 g/mol. The molecule has 3 aromatic carbocycles. The highest BCUT2D eigenvalue weighted by Gasteiger charge is 2.14. The molecule has 0 N–H and O–H groups in total. The number of imidazole rings is 1. The molecule has 5 aromatic rings. The molecule has 0 amide bonds. The molecule has 0 atom stereocenters. The third-order valence-electron chi connectivity index (χ3n) is 4.81. The summed E-state index contributed by atoms with van der Waals surface area (Å²) >= 11 is 0. The Kier molecular flexibility index (Phi) is 4.02. The van der Waals surface area contributed by atoms with Gasteiger partial charge in [-0.15, -0.1) is 0 Å². The fraction of sp³-hybridized carbons (Fsp3) is 0.0833. The number of benzene rings is 3. The van der Waals surface area contributed by atoms with Gasteiger partial charge in [0.1, 0.15) is 5.75 Å². The van der Waals surface area contributed by atoms with Gasteiger partial charge in [0.15, 0.2) is 0 Å². The second-order valence-electron chi connectivity index (χ2n) is 6.59. The second kappa shape index (κ2) is 6.82. The molecule has 0 spiro atoms. The summed E-state index contributed by atoms with van der Waals surface area (Å²) in [7, 11) is 0. The molecule has 0 unspecified atom stereocenters. The topological polar surface area (TPSA) is 39.4 Å². The molecule has 2 aromatic heterocycles. The van der Waals surface area contributed by atoms with Crippen LogP contribution in [0.5, 0.6) is 5.75 Å². The van der Waals surface area contributed by atoms with Crippen LogP contribution in [0.1, 0.15) is 6.92 Å². The largest absolute Gasteiger partial charge is 0.494 e. The molecule has 0 radical (unpaired) electrons. The Morgan fingerprint density at radius 3 is 2.32 bits per heavy atom. The number of fused-ring (bicyclic) bond motifs is 3. The molecule has 0 fully saturated rings. The van der Waals surface area contributed by atoms with Crippen LogP contribution < -0.4 is 4.74 Å². The van der Waals surface area contributed by atoms with Crippen molar-refractivity contribution in [2.45, 2.75) is 6.92 Å². The zero-order valence-electron chi connectivity index (χ0n) is 15.5. The first-order valence-corrected chi connectivity index (χ1v) is 9.40. The van der Waals surface area contributed by atoms with E-state index in [1.807, 2.05) is 55.5 Å². The minimum absolute atomic E-state index is 0.656. The minimum Gasteiger partial charge on any atom is -0.494 e. The fourth-order valence-electron chi connectivity index (χ4n) is 3.52. The number of rotatable bonds is 4. The van der Waals surface area contributed by atoms with Crippen LogP contribution >= 0.6 is 0 Å². The van der Waals surface area contributed by atoms with Gasteiger partial charge < -0.3 is 4.74 Å². The lowest BCUT2D eigenvalue weighted by Crippen LogP contribution is -1.98. The van der Waals surface area contributed by atoms with Crippen LogP contribution in [-0.2, 0) is 0 Å². The predicted octanol–water partition coefficient (Wildman–Crippen LogP) is 5.62. The van der Waals surface area contributed by atoms with E-state index in [1.165, 1.54) is 0 Å². The first-order valence-electron chi connectivity index (χ1n) is 9.40. The average Bonchev–Trinajstić information content (AvgIpc) is 3.13. The van der Waals surface area contributed by atoms with Crippen molar-refractivity contribution in [2.75, 3.05) is 6.61 Å². The molecule has 28 heavy (non-hydrogen) atoms. The molecule has 5 rings (SSSR count). The molecule has 0 saturated carbocycles. The predicted molar refractivity (Wildman–Crippen MR) is 113 cm³/mol. The van der Waals surface area contributed by atoms with Crippen LogP contribution in [0.15, 0.2) is 84.9 Å². The summed E-state index contributed by atoms with van der Waals surface area (Å²) in [6.45, 7) is 2.65. The highest BCUT2D eigenvalue weighted by Crippen LogP contribution is 2.30. The summed E-state index contributed by atoms with van der Waals surface area (Å²) in [6, 6.07) is 28.7. The highest BCUT2D eigenvalue weighted by atomic mass is 16.5. The van der Waals surface area contributed by atoms with Crippen LogP contribution in [0.25, 0.3) is 39.3 Å². The van der Waals surface area contributed by atoms with E-state index in [1.54, 1.807) is 0 Å². The third kappa shape index (κ3) is 2.79. The van der Waals surface area contributed by atoms with Crippen molar-refractivity contribution < 1.29 is 4.74 Å². The van der Waals surface area contributed by atoms with Crippen LogP contribution in [-0.4, -0.2) is 21.0 Å². The molecule has 4 heteroatoms. The van der Waals surface area contributed by atoms with E-state index in [0.29, 0.717) is 12.4 Å². The van der Waals surface area contributed by atoms with Crippen molar-refractivity contribution >= 4 is 16.8 Å². The Hall–Kier alpha value is -3.66. The maximum atomic E-state index is 5.60. The standard InChI is InChI=1S/C24H19N3O/c1-2-28-19-14-12-18(13-15-19)23-16-21(17-8-4-3-5-9-17)26-24-25-20-10-6-7-11-22(20)27(23)24/h3-16H,2H2,1H3. The average molecular weight is 365 g/mol. The normalized spacial score (nSPS) is 11.2. The number of para-hydroxylation sites is 2. The lowest BCUT2D eigenvalue weighted by Gasteiger charge is -2.11. The summed E-state index contributed by atoms with van der Waals surface area (Å²) in [5.74, 6) is 1.57. The highest BCUT2D eigenvalue weighted by molar-refractivity contribution is 5.84. The lowest BCUT2D eigenvalue weighted by atomic mass is 10.1. The van der Waals surface area contributed by atoms with Gasteiger partial charge in [-0.1, -0.05) is 42.5 Å². The van der Waals surface area contributed by atoms with Gasteiger partial charge in [0, 0.05) is 5.56 Å². The van der Waals surface area contributed by atoms with Crippen molar-refractivity contribution in [3.63, 3.8) is 0 Å². The summed E-state index contributed by atoms with van der Waals surface area (Å²) in [6.07, 6.45) is 0. The van der Waals surface area contributed by atoms with Crippen molar-refractivity contribution in [1.29, 1.82) is 0 Å². The second-order valence-corrected chi connectivity index (χ2v) is 6.59. The lowest BCUT2D eigenvalue weighted by molar-refractivity contribution is 0.340. The first kappa shape index (κ1) is 16.5. The van der Waals surface area contributed by atoms with Crippen molar-refractivity contribution in [3.8, 4) is 28.3 Å². The summed E-state index contributed by atoms with van der Waals surface area (Å²) < 4.78 is 7.72. The van der Waals surface area contributed by atoms with Gasteiger partial charge in [-0.25, -0.2) is 9.97 Å². The number of hydrogen-bond acceptors (Lipinski definition) is 3. The number of nitrogens with zero attached hydrogens (tertiary/aromatic N) is 3. The van der Waals surface area contributed by atoms with E-state index in [2.05, 4.69) is 40.8 Å². The van der Waals surface area contributed by atoms with E-state index in [-0.39, 0.29) is 0 Å². The molecule has 136 valence electrons. The van der Waals surface area contributed by atoms with Crippen molar-refractivity contribution in [1.82, 2.24) is 14.4 Å². The van der Waals surface area contributed by atoms with Crippen LogP contribution in [0.3, 0.4) is 0 Å². The minimum atomic E-state index is 0.656. The molecular formula is C24H19N3O. The van der Waals surface area contributed by atoms with E-state index in [0.717, 1.165) is 39.3 Å². The summed E-state index contributed by atoms with van der Waals surface area (Å²) in [4.78, 5) is 9.60. The molecule has 0 aliphatic heterocycles. The van der Waals surface area contributed by atoms with Gasteiger partial charge in [0.05, 0.1) is 29.0 Å². The van der Waals surface area contributed by atoms with Gasteiger partial charge >= 0.3 is 0 Å². The van der Waals surface area contributed by atoms with Crippen LogP contribution in [0.2, 0.25) is 0 Å². The van der Waals surface area contributed by atoms with Crippen LogP contribution in [0.4, 0.5) is 0 Å². The van der Waals surface area contributed by atoms with Crippen LogP contribution in [0, 0.1) is 0 Å². The Bertz CT molecular complexity index is 1260. The van der Waals surface area contributed by atoms with Crippen molar-refractivity contribution in [3.05, 3.63) is 84.9 Å². The molecule has 0 saturated heterocycles. The zero-order chi connectivity index (χ0) is 18.9. The van der Waals surface area contributed by atoms with E-state index < -0.39 is 0 Å². The smallest absolute Gasteiger partial charge is 0.235 e. The Labute approximate surface area is 163 Å². The fourth-order valence-corrected chi connectivity index (χ4v) is 3.52. The quantitative estimate of drug-likeness (QED) is 0.415. The van der Waals surface area contributed by atoms with Gasteiger partial charge in [-0.3, -0.25) is 4.40 Å². The first-order chi connectivity index (χ1) is 13.8. The SMILES string of the molecule is CCOc1ccc(-c2cc(-c3ccccc3)nc3nc4ccccc4n23)cc1. The third-order valence-corrected chi connectivity index (χ3v) is 4.81. The molecule has 4 nitrogen and oxygen atoms in total. The maximum Gasteiger partial charge on any atom is 0.235 e. The Morgan fingerprint density at radius 2 is 1.54 bits per heavy atom. The van der Waals surface area contributed by atoms with E-state index in [4.69, 9.17) is 14.7 Å². The van der Waals surface area contributed by atoms with Crippen molar-refractivity contribution in [2.24, 2.45) is 0 Å². The molecule has 0 aliphatic carbocycles. The Balaban J connectivity index is 1.79. The van der Waals surface area contributed by atoms with Gasteiger partial charge in [0.25, 0.3) is 0 Å². The molecule has 2 heterocycles. The van der Waals surface area contributed by atoms with Gasteiger partial charge in [-0.2, -0.15) is 0 Å². The van der Waals surface area contributed by atoms with E-state index >= 15 is 0 Å². The molecule has 0 bridgehead atoms.